The number of rotatable bonds is 5. The molecule has 1 atom stereocenters. The third-order valence-corrected chi connectivity index (χ3v) is 3.80. The zero-order valence-electron chi connectivity index (χ0n) is 10.9. The molecule has 5 nitrogen and oxygen atoms in total. The lowest BCUT2D eigenvalue weighted by Gasteiger charge is -2.16. The Balaban J connectivity index is 2.75. The Hall–Kier alpha value is -1.20. The van der Waals surface area contributed by atoms with Crippen LogP contribution in [0.5, 0.6) is 0 Å². The van der Waals surface area contributed by atoms with Crippen LogP contribution in [0.15, 0.2) is 6.07 Å². The summed E-state index contributed by atoms with van der Waals surface area (Å²) in [5.41, 5.74) is 0.294. The molecule has 7 heteroatoms. The Morgan fingerprint density at radius 3 is 2.37 bits per heavy atom. The van der Waals surface area contributed by atoms with Crippen molar-refractivity contribution in [1.29, 1.82) is 0 Å². The van der Waals surface area contributed by atoms with Crippen molar-refractivity contribution in [2.24, 2.45) is 18.9 Å². The summed E-state index contributed by atoms with van der Waals surface area (Å²) in [6.45, 7) is 3.65. The normalized spacial score (nSPS) is 12.5. The van der Waals surface area contributed by atoms with Crippen LogP contribution in [0, 0.1) is 11.8 Å². The molecular formula is C12H16Cl2N2O3. The minimum atomic E-state index is -0.932. The quantitative estimate of drug-likeness (QED) is 0.877. The zero-order valence-corrected chi connectivity index (χ0v) is 12.4. The van der Waals surface area contributed by atoms with Gasteiger partial charge in [0, 0.05) is 13.6 Å². The summed E-state index contributed by atoms with van der Waals surface area (Å²) >= 11 is 11.7. The van der Waals surface area contributed by atoms with Crippen LogP contribution < -0.4 is 5.32 Å². The minimum Gasteiger partial charge on any atom is -0.481 e. The number of aromatic nitrogens is 1. The number of nitrogens with zero attached hydrogens (tertiary/aromatic N) is 1. The second-order valence-electron chi connectivity index (χ2n) is 4.63. The van der Waals surface area contributed by atoms with Crippen molar-refractivity contribution >= 4 is 35.1 Å². The Morgan fingerprint density at radius 1 is 1.42 bits per heavy atom. The highest BCUT2D eigenvalue weighted by molar-refractivity contribution is 6.41. The van der Waals surface area contributed by atoms with Crippen LogP contribution in [0.4, 0.5) is 0 Å². The molecular weight excluding hydrogens is 291 g/mol. The second-order valence-corrected chi connectivity index (χ2v) is 5.39. The van der Waals surface area contributed by atoms with Gasteiger partial charge in [-0.25, -0.2) is 0 Å². The predicted octanol–water partition coefficient (Wildman–Crippen LogP) is 2.42. The molecule has 1 rings (SSSR count). The first kappa shape index (κ1) is 15.9. The summed E-state index contributed by atoms with van der Waals surface area (Å²) in [5.74, 6) is -2.03. The largest absolute Gasteiger partial charge is 0.481 e. The summed E-state index contributed by atoms with van der Waals surface area (Å²) in [5, 5.41) is 12.2. The molecule has 0 aliphatic carbocycles. The minimum absolute atomic E-state index is 0.0618. The third kappa shape index (κ3) is 3.64. The molecule has 0 aliphatic heterocycles. The van der Waals surface area contributed by atoms with Crippen LogP contribution in [0.1, 0.15) is 24.3 Å². The van der Waals surface area contributed by atoms with E-state index in [1.165, 1.54) is 10.6 Å². The van der Waals surface area contributed by atoms with Gasteiger partial charge in [-0.05, 0) is 12.0 Å². The highest BCUT2D eigenvalue weighted by atomic mass is 35.5. The molecule has 1 aromatic rings. The maximum absolute atomic E-state index is 11.9. The molecule has 0 radical (unpaired) electrons. The topological polar surface area (TPSA) is 71.3 Å². The summed E-state index contributed by atoms with van der Waals surface area (Å²) in [6.07, 6.45) is 0. The maximum atomic E-state index is 11.9. The third-order valence-electron chi connectivity index (χ3n) is 2.95. The lowest BCUT2D eigenvalue weighted by Crippen LogP contribution is -2.36. The number of aliphatic carboxylic acids is 1. The molecule has 2 N–H and O–H groups in total. The van der Waals surface area contributed by atoms with Crippen LogP contribution in [0.2, 0.25) is 10.2 Å². The molecule has 0 saturated heterocycles. The van der Waals surface area contributed by atoms with Crippen molar-refractivity contribution in [2.45, 2.75) is 13.8 Å². The SMILES string of the molecule is CC(C)C(CNC(=O)c1cc(Cl)c(Cl)n1C)C(=O)O. The number of hydrogen-bond donors (Lipinski definition) is 2. The van der Waals surface area contributed by atoms with Gasteiger partial charge >= 0.3 is 5.97 Å². The van der Waals surface area contributed by atoms with Crippen molar-refractivity contribution in [3.8, 4) is 0 Å². The molecule has 0 fully saturated rings. The van der Waals surface area contributed by atoms with Crippen LogP contribution >= 0.6 is 23.2 Å². The van der Waals surface area contributed by atoms with Gasteiger partial charge in [-0.1, -0.05) is 37.0 Å². The number of carbonyl (C=O) groups excluding carboxylic acids is 1. The van der Waals surface area contributed by atoms with Crippen molar-refractivity contribution in [3.05, 3.63) is 21.9 Å². The fourth-order valence-corrected chi connectivity index (χ4v) is 2.04. The molecule has 0 aliphatic rings. The zero-order chi connectivity index (χ0) is 14.7. The van der Waals surface area contributed by atoms with Gasteiger partial charge in [0.2, 0.25) is 0 Å². The number of carbonyl (C=O) groups is 2. The molecule has 1 amide bonds. The van der Waals surface area contributed by atoms with E-state index in [0.717, 1.165) is 0 Å². The standard InChI is InChI=1S/C12H16Cl2N2O3/c1-6(2)7(12(18)19)5-15-11(17)9-4-8(13)10(14)16(9)3/h4,6-7H,5H2,1-3H3,(H,15,17)(H,18,19). The van der Waals surface area contributed by atoms with Crippen LogP contribution in [-0.4, -0.2) is 28.1 Å². The Kier molecular flexibility index (Phi) is 5.26. The molecule has 0 saturated carbocycles. The number of hydrogen-bond acceptors (Lipinski definition) is 2. The van der Waals surface area contributed by atoms with Gasteiger partial charge in [0.05, 0.1) is 10.9 Å². The molecule has 1 heterocycles. The van der Waals surface area contributed by atoms with E-state index in [0.29, 0.717) is 5.69 Å². The number of amides is 1. The number of carboxylic acids is 1. The fraction of sp³-hybridized carbons (Fsp3) is 0.500. The maximum Gasteiger partial charge on any atom is 0.308 e. The van der Waals surface area contributed by atoms with Crippen LogP contribution in [0.25, 0.3) is 0 Å². The summed E-state index contributed by atoms with van der Waals surface area (Å²) in [6, 6.07) is 1.45. The van der Waals surface area contributed by atoms with Gasteiger partial charge in [0.25, 0.3) is 5.91 Å². The van der Waals surface area contributed by atoms with E-state index in [-0.39, 0.29) is 22.6 Å². The van der Waals surface area contributed by atoms with E-state index in [1.54, 1.807) is 20.9 Å². The van der Waals surface area contributed by atoms with Gasteiger partial charge in [-0.15, -0.1) is 0 Å². The van der Waals surface area contributed by atoms with Gasteiger partial charge in [0.15, 0.2) is 0 Å². The molecule has 106 valence electrons. The fourth-order valence-electron chi connectivity index (χ4n) is 1.66. The van der Waals surface area contributed by atoms with Gasteiger partial charge in [0.1, 0.15) is 10.8 Å². The van der Waals surface area contributed by atoms with Gasteiger partial charge < -0.3 is 15.0 Å². The van der Waals surface area contributed by atoms with E-state index in [4.69, 9.17) is 28.3 Å². The average Bonchev–Trinajstić information content (AvgIpc) is 2.56. The first-order valence-electron chi connectivity index (χ1n) is 5.77. The predicted molar refractivity (Wildman–Crippen MR) is 73.7 cm³/mol. The van der Waals surface area contributed by atoms with E-state index in [9.17, 15) is 9.59 Å². The lowest BCUT2D eigenvalue weighted by molar-refractivity contribution is -0.142. The number of nitrogens with one attached hydrogen (secondary N) is 1. The first-order chi connectivity index (χ1) is 8.75. The smallest absolute Gasteiger partial charge is 0.308 e. The van der Waals surface area contributed by atoms with Crippen molar-refractivity contribution in [2.75, 3.05) is 6.54 Å². The Bertz CT molecular complexity index is 497. The summed E-state index contributed by atoms with van der Waals surface area (Å²) in [4.78, 5) is 23.0. The molecule has 0 spiro atoms. The van der Waals surface area contributed by atoms with E-state index >= 15 is 0 Å². The molecule has 1 aromatic heterocycles. The van der Waals surface area contributed by atoms with Crippen molar-refractivity contribution < 1.29 is 14.7 Å². The second kappa shape index (κ2) is 6.30. The lowest BCUT2D eigenvalue weighted by atomic mass is 9.96. The highest BCUT2D eigenvalue weighted by Gasteiger charge is 2.23. The average molecular weight is 307 g/mol. The van der Waals surface area contributed by atoms with Crippen LogP contribution in [0.3, 0.4) is 0 Å². The van der Waals surface area contributed by atoms with E-state index < -0.39 is 17.8 Å². The Labute approximate surface area is 121 Å². The monoisotopic (exact) mass is 306 g/mol. The van der Waals surface area contributed by atoms with Crippen molar-refractivity contribution in [3.63, 3.8) is 0 Å². The number of carboxylic acid groups (broad SMARTS) is 1. The first-order valence-corrected chi connectivity index (χ1v) is 6.53. The van der Waals surface area contributed by atoms with Gasteiger partial charge in [-0.2, -0.15) is 0 Å². The highest BCUT2D eigenvalue weighted by Crippen LogP contribution is 2.25. The van der Waals surface area contributed by atoms with Gasteiger partial charge in [-0.3, -0.25) is 9.59 Å². The van der Waals surface area contributed by atoms with Crippen LogP contribution in [-0.2, 0) is 11.8 Å². The van der Waals surface area contributed by atoms with Crippen molar-refractivity contribution in [1.82, 2.24) is 9.88 Å². The molecule has 1 unspecified atom stereocenters. The molecule has 0 bridgehead atoms. The summed E-state index contributed by atoms with van der Waals surface area (Å²) < 4.78 is 1.45. The Morgan fingerprint density at radius 2 is 2.00 bits per heavy atom. The van der Waals surface area contributed by atoms with E-state index in [2.05, 4.69) is 5.32 Å². The summed E-state index contributed by atoms with van der Waals surface area (Å²) in [7, 11) is 1.61. The molecule has 19 heavy (non-hydrogen) atoms. The molecule has 0 aromatic carbocycles. The van der Waals surface area contributed by atoms with E-state index in [1.807, 2.05) is 0 Å². The number of halogens is 2.